The molecule has 3 nitrogen and oxygen atoms in total. The molecule has 0 aromatic carbocycles. The average Bonchev–Trinajstić information content (AvgIpc) is 2.02. The smallest absolute Gasteiger partial charge is 0.139 e. The lowest BCUT2D eigenvalue weighted by Crippen LogP contribution is -2.15. The minimum atomic E-state index is 0.0549. The van der Waals surface area contributed by atoms with Crippen molar-refractivity contribution in [2.75, 3.05) is 0 Å². The number of hydrogen-bond donors (Lipinski definition) is 0. The first kappa shape index (κ1) is 10.8. The Morgan fingerprint density at radius 3 is 2.57 bits per heavy atom. The third kappa shape index (κ3) is 4.12. The van der Waals surface area contributed by atoms with Crippen LogP contribution in [0.2, 0.25) is 0 Å². The summed E-state index contributed by atoms with van der Waals surface area (Å²) in [5.74, 6) is 0.220. The van der Waals surface area contributed by atoms with Gasteiger partial charge in [-0.2, -0.15) is 0 Å². The molecule has 0 aliphatic carbocycles. The van der Waals surface area contributed by atoms with Gasteiger partial charge in [0.15, 0.2) is 0 Å². The lowest BCUT2D eigenvalue weighted by atomic mass is 9.89. The van der Waals surface area contributed by atoms with Crippen LogP contribution in [-0.4, -0.2) is 15.8 Å². The lowest BCUT2D eigenvalue weighted by Gasteiger charge is -2.16. The van der Waals surface area contributed by atoms with Gasteiger partial charge in [-0.3, -0.25) is 14.8 Å². The molecule has 0 fully saturated rings. The zero-order valence-electron chi connectivity index (χ0n) is 8.95. The Morgan fingerprint density at radius 1 is 1.36 bits per heavy atom. The van der Waals surface area contributed by atoms with Gasteiger partial charge in [-0.25, -0.2) is 0 Å². The highest BCUT2D eigenvalue weighted by molar-refractivity contribution is 5.80. The fraction of sp³-hybridized carbons (Fsp3) is 0.545. The van der Waals surface area contributed by atoms with Gasteiger partial charge in [0.05, 0.1) is 12.1 Å². The largest absolute Gasteiger partial charge is 0.299 e. The van der Waals surface area contributed by atoms with Gasteiger partial charge in [-0.1, -0.05) is 20.8 Å². The first-order valence-electron chi connectivity index (χ1n) is 4.74. The Balaban J connectivity index is 2.50. The Kier molecular flexibility index (Phi) is 3.33. The maximum Gasteiger partial charge on any atom is 0.139 e. The van der Waals surface area contributed by atoms with Gasteiger partial charge in [-0.05, 0) is 5.41 Å². The van der Waals surface area contributed by atoms with Gasteiger partial charge in [-0.15, -0.1) is 0 Å². The van der Waals surface area contributed by atoms with Crippen LogP contribution in [0.1, 0.15) is 32.9 Å². The summed E-state index contributed by atoms with van der Waals surface area (Å²) in [6.07, 6.45) is 5.84. The molecule has 1 heterocycles. The highest BCUT2D eigenvalue weighted by Crippen LogP contribution is 2.19. The van der Waals surface area contributed by atoms with E-state index in [0.29, 0.717) is 12.8 Å². The Hall–Kier alpha value is -1.25. The summed E-state index contributed by atoms with van der Waals surface area (Å²) in [5, 5.41) is 0. The molecule has 0 unspecified atom stereocenters. The Morgan fingerprint density at radius 2 is 2.07 bits per heavy atom. The summed E-state index contributed by atoms with van der Waals surface area (Å²) < 4.78 is 0. The van der Waals surface area contributed by atoms with E-state index in [4.69, 9.17) is 0 Å². The van der Waals surface area contributed by atoms with E-state index >= 15 is 0 Å². The van der Waals surface area contributed by atoms with Crippen LogP contribution in [0.15, 0.2) is 18.6 Å². The van der Waals surface area contributed by atoms with E-state index < -0.39 is 0 Å². The number of nitrogens with zero attached hydrogens (tertiary/aromatic N) is 2. The summed E-state index contributed by atoms with van der Waals surface area (Å²) in [4.78, 5) is 19.5. The van der Waals surface area contributed by atoms with Crippen LogP contribution >= 0.6 is 0 Å². The van der Waals surface area contributed by atoms with Gasteiger partial charge in [0.25, 0.3) is 0 Å². The molecule has 0 N–H and O–H groups in total. The topological polar surface area (TPSA) is 42.9 Å². The quantitative estimate of drug-likeness (QED) is 0.735. The summed E-state index contributed by atoms with van der Waals surface area (Å²) >= 11 is 0. The van der Waals surface area contributed by atoms with E-state index in [2.05, 4.69) is 30.7 Å². The third-order valence-corrected chi connectivity index (χ3v) is 1.72. The van der Waals surface area contributed by atoms with Crippen LogP contribution in [0.25, 0.3) is 0 Å². The van der Waals surface area contributed by atoms with Gasteiger partial charge < -0.3 is 0 Å². The standard InChI is InChI=1S/C11H16N2O/c1-11(2,3)7-10(14)6-9-8-12-4-5-13-9/h4-5,8H,6-7H2,1-3H3. The van der Waals surface area contributed by atoms with Crippen LogP contribution in [0.3, 0.4) is 0 Å². The summed E-state index contributed by atoms with van der Waals surface area (Å²) in [5.41, 5.74) is 0.806. The minimum absolute atomic E-state index is 0.0549. The SMILES string of the molecule is CC(C)(C)CC(=O)Cc1cnccn1. The number of ketones is 1. The van der Waals surface area contributed by atoms with Crippen molar-refractivity contribution in [2.45, 2.75) is 33.6 Å². The van der Waals surface area contributed by atoms with E-state index in [9.17, 15) is 4.79 Å². The molecule has 0 atom stereocenters. The maximum atomic E-state index is 11.6. The van der Waals surface area contributed by atoms with Crippen molar-refractivity contribution in [3.05, 3.63) is 24.3 Å². The third-order valence-electron chi connectivity index (χ3n) is 1.72. The highest BCUT2D eigenvalue weighted by atomic mass is 16.1. The van der Waals surface area contributed by atoms with Crippen LogP contribution in [0, 0.1) is 5.41 Å². The lowest BCUT2D eigenvalue weighted by molar-refractivity contribution is -0.120. The van der Waals surface area contributed by atoms with Crippen molar-refractivity contribution >= 4 is 5.78 Å². The summed E-state index contributed by atoms with van der Waals surface area (Å²) in [6, 6.07) is 0. The summed E-state index contributed by atoms with van der Waals surface area (Å²) in [7, 11) is 0. The molecule has 0 radical (unpaired) electrons. The second kappa shape index (κ2) is 4.31. The molecule has 0 saturated heterocycles. The second-order valence-corrected chi connectivity index (χ2v) is 4.65. The Labute approximate surface area is 84.6 Å². The van der Waals surface area contributed by atoms with Crippen molar-refractivity contribution in [1.82, 2.24) is 9.97 Å². The van der Waals surface area contributed by atoms with Crippen LogP contribution in [0.4, 0.5) is 0 Å². The number of Topliss-reactive ketones (excluding diaryl/α,β-unsaturated/α-hetero) is 1. The van der Waals surface area contributed by atoms with Crippen molar-refractivity contribution in [3.63, 3.8) is 0 Å². The molecule has 14 heavy (non-hydrogen) atoms. The molecule has 1 rings (SSSR count). The van der Waals surface area contributed by atoms with E-state index in [1.807, 2.05) is 0 Å². The van der Waals surface area contributed by atoms with Gasteiger partial charge in [0, 0.05) is 25.0 Å². The molecule has 0 aliphatic heterocycles. The van der Waals surface area contributed by atoms with Gasteiger partial charge >= 0.3 is 0 Å². The maximum absolute atomic E-state index is 11.6. The first-order chi connectivity index (χ1) is 6.47. The van der Waals surface area contributed by atoms with Crippen LogP contribution < -0.4 is 0 Å². The molecule has 76 valence electrons. The van der Waals surface area contributed by atoms with Crippen LogP contribution in [0.5, 0.6) is 0 Å². The molecule has 1 aromatic rings. The fourth-order valence-corrected chi connectivity index (χ4v) is 1.28. The van der Waals surface area contributed by atoms with Crippen molar-refractivity contribution in [2.24, 2.45) is 5.41 Å². The van der Waals surface area contributed by atoms with Crippen molar-refractivity contribution in [3.8, 4) is 0 Å². The van der Waals surface area contributed by atoms with E-state index in [-0.39, 0.29) is 11.2 Å². The predicted molar refractivity (Wildman–Crippen MR) is 54.8 cm³/mol. The molecule has 1 aromatic heterocycles. The Bertz CT molecular complexity index is 301. The number of rotatable bonds is 3. The number of hydrogen-bond acceptors (Lipinski definition) is 3. The minimum Gasteiger partial charge on any atom is -0.299 e. The molecular weight excluding hydrogens is 176 g/mol. The first-order valence-corrected chi connectivity index (χ1v) is 4.74. The molecule has 0 bridgehead atoms. The molecule has 3 heteroatoms. The highest BCUT2D eigenvalue weighted by Gasteiger charge is 2.16. The van der Waals surface area contributed by atoms with E-state index in [0.717, 1.165) is 5.69 Å². The number of carbonyl (C=O) groups is 1. The molecule has 0 spiro atoms. The van der Waals surface area contributed by atoms with E-state index in [1.165, 1.54) is 0 Å². The van der Waals surface area contributed by atoms with Crippen molar-refractivity contribution < 1.29 is 4.79 Å². The zero-order chi connectivity index (χ0) is 10.6. The molecule has 0 amide bonds. The summed E-state index contributed by atoms with van der Waals surface area (Å²) in [6.45, 7) is 6.17. The number of carbonyl (C=O) groups excluding carboxylic acids is 1. The van der Waals surface area contributed by atoms with E-state index in [1.54, 1.807) is 18.6 Å². The van der Waals surface area contributed by atoms with Crippen molar-refractivity contribution in [1.29, 1.82) is 0 Å². The predicted octanol–water partition coefficient (Wildman–Crippen LogP) is 2.02. The zero-order valence-corrected chi connectivity index (χ0v) is 8.95. The number of aromatic nitrogens is 2. The second-order valence-electron chi connectivity index (χ2n) is 4.65. The van der Waals surface area contributed by atoms with Gasteiger partial charge in [0.1, 0.15) is 5.78 Å². The fourth-order valence-electron chi connectivity index (χ4n) is 1.28. The van der Waals surface area contributed by atoms with Crippen LogP contribution in [-0.2, 0) is 11.2 Å². The van der Waals surface area contributed by atoms with Gasteiger partial charge in [0.2, 0.25) is 0 Å². The normalized spacial score (nSPS) is 11.4. The molecular formula is C11H16N2O. The monoisotopic (exact) mass is 192 g/mol. The average molecular weight is 192 g/mol. The molecule has 0 aliphatic rings. The molecule has 0 saturated carbocycles.